The van der Waals surface area contributed by atoms with Crippen LogP contribution in [-0.2, 0) is 9.59 Å². The predicted molar refractivity (Wildman–Crippen MR) is 145 cm³/mol. The average molecular weight is 598 g/mol. The second-order valence-electron chi connectivity index (χ2n) is 8.18. The van der Waals surface area contributed by atoms with Crippen LogP contribution in [0.1, 0.15) is 27.2 Å². The molecule has 0 saturated carbocycles. The third-order valence-corrected chi connectivity index (χ3v) is 6.60. The fourth-order valence-electron chi connectivity index (χ4n) is 3.59. The maximum absolute atomic E-state index is 13.2. The first kappa shape index (κ1) is 24.7. The van der Waals surface area contributed by atoms with Crippen molar-refractivity contribution in [3.63, 3.8) is 0 Å². The van der Waals surface area contributed by atoms with Crippen LogP contribution in [0.15, 0.2) is 69.6 Å². The zero-order valence-electron chi connectivity index (χ0n) is 19.2. The lowest BCUT2D eigenvalue weighted by Crippen LogP contribution is -2.36. The van der Waals surface area contributed by atoms with Crippen LogP contribution >= 0.6 is 31.9 Å². The Morgan fingerprint density at radius 1 is 0.714 bits per heavy atom. The van der Waals surface area contributed by atoms with Crippen molar-refractivity contribution in [1.29, 1.82) is 0 Å². The van der Waals surface area contributed by atoms with E-state index in [2.05, 4.69) is 47.9 Å². The Morgan fingerprint density at radius 3 is 2.14 bits per heavy atom. The third-order valence-electron chi connectivity index (χ3n) is 5.62. The molecule has 0 aliphatic heterocycles. The molecule has 35 heavy (non-hydrogen) atoms. The van der Waals surface area contributed by atoms with Crippen LogP contribution in [0.25, 0.3) is 10.9 Å². The summed E-state index contributed by atoms with van der Waals surface area (Å²) in [5.74, 6) is -2.18. The summed E-state index contributed by atoms with van der Waals surface area (Å²) in [4.78, 5) is 38.7. The number of nitrogens with zero attached hydrogens (tertiary/aromatic N) is 1. The number of carbonyl (C=O) groups is 3. The number of amides is 3. The van der Waals surface area contributed by atoms with E-state index in [9.17, 15) is 14.4 Å². The number of halogens is 2. The van der Waals surface area contributed by atoms with Crippen molar-refractivity contribution in [2.45, 2.75) is 20.8 Å². The zero-order valence-corrected chi connectivity index (χ0v) is 22.4. The number of carbonyl (C=O) groups excluding carboxylic acids is 3. The van der Waals surface area contributed by atoms with Gasteiger partial charge in [0.15, 0.2) is 0 Å². The highest BCUT2D eigenvalue weighted by Gasteiger charge is 2.21. The Balaban J connectivity index is 1.63. The highest BCUT2D eigenvalue weighted by molar-refractivity contribution is 9.10. The molecule has 0 spiro atoms. The Labute approximate surface area is 219 Å². The molecule has 0 saturated heterocycles. The number of anilines is 2. The number of benzene rings is 3. The van der Waals surface area contributed by atoms with Crippen molar-refractivity contribution in [2.24, 2.45) is 0 Å². The van der Waals surface area contributed by atoms with E-state index in [-0.39, 0.29) is 5.69 Å². The van der Waals surface area contributed by atoms with E-state index in [1.54, 1.807) is 36.4 Å². The van der Waals surface area contributed by atoms with Crippen molar-refractivity contribution in [1.82, 2.24) is 4.68 Å². The lowest BCUT2D eigenvalue weighted by molar-refractivity contribution is -0.133. The first-order valence-corrected chi connectivity index (χ1v) is 12.3. The fraction of sp³-hybridized carbons (Fsp3) is 0.115. The quantitative estimate of drug-likeness (QED) is 0.250. The minimum Gasteiger partial charge on any atom is -0.320 e. The van der Waals surface area contributed by atoms with Gasteiger partial charge in [0.1, 0.15) is 5.69 Å². The minimum absolute atomic E-state index is 0.174. The molecule has 0 fully saturated rings. The molecule has 0 atom stereocenters. The predicted octanol–water partition coefficient (Wildman–Crippen LogP) is 6.05. The van der Waals surface area contributed by atoms with Crippen LogP contribution in [0.3, 0.4) is 0 Å². The van der Waals surface area contributed by atoms with Crippen LogP contribution in [0, 0.1) is 20.8 Å². The standard InChI is InChI=1S/C26H22Br2N4O3/c1-14-4-7-20(11-15(14)2)29-25(34)26(35)31-32-22-9-6-19(28)12-17(22)13-23(32)24(33)30-21-8-5-18(27)10-16(21)3/h4-13H,1-3H3,(H,29,34)(H,30,33)(H,31,35). The van der Waals surface area contributed by atoms with Crippen LogP contribution in [0.5, 0.6) is 0 Å². The van der Waals surface area contributed by atoms with Gasteiger partial charge in [-0.05, 0) is 92.1 Å². The zero-order chi connectivity index (χ0) is 25.3. The maximum Gasteiger partial charge on any atom is 0.328 e. The molecule has 178 valence electrons. The molecule has 3 aromatic carbocycles. The highest BCUT2D eigenvalue weighted by atomic mass is 79.9. The van der Waals surface area contributed by atoms with Gasteiger partial charge in [0.05, 0.1) is 5.52 Å². The highest BCUT2D eigenvalue weighted by Crippen LogP contribution is 2.25. The summed E-state index contributed by atoms with van der Waals surface area (Å²) < 4.78 is 3.04. The van der Waals surface area contributed by atoms with Gasteiger partial charge in [-0.25, -0.2) is 4.68 Å². The summed E-state index contributed by atoms with van der Waals surface area (Å²) in [5.41, 5.74) is 7.40. The van der Waals surface area contributed by atoms with E-state index >= 15 is 0 Å². The molecule has 3 N–H and O–H groups in total. The Morgan fingerprint density at radius 2 is 1.43 bits per heavy atom. The molecule has 0 aliphatic rings. The summed E-state index contributed by atoms with van der Waals surface area (Å²) in [7, 11) is 0. The molecule has 1 aromatic heterocycles. The molecular weight excluding hydrogens is 576 g/mol. The smallest absolute Gasteiger partial charge is 0.320 e. The topological polar surface area (TPSA) is 92.2 Å². The van der Waals surface area contributed by atoms with E-state index < -0.39 is 17.7 Å². The van der Waals surface area contributed by atoms with E-state index in [1.807, 2.05) is 45.0 Å². The van der Waals surface area contributed by atoms with E-state index in [1.165, 1.54) is 4.68 Å². The van der Waals surface area contributed by atoms with Gasteiger partial charge in [-0.15, -0.1) is 0 Å². The molecule has 7 nitrogen and oxygen atoms in total. The van der Waals surface area contributed by atoms with E-state index in [4.69, 9.17) is 0 Å². The number of hydrogen-bond acceptors (Lipinski definition) is 3. The average Bonchev–Trinajstić information content (AvgIpc) is 3.15. The SMILES string of the molecule is Cc1ccc(NC(=O)C(=O)Nn2c(C(=O)Nc3ccc(Br)cc3C)cc3cc(Br)ccc32)cc1C. The minimum atomic E-state index is -0.905. The van der Waals surface area contributed by atoms with Gasteiger partial charge in [-0.2, -0.15) is 0 Å². The van der Waals surface area contributed by atoms with Gasteiger partial charge in [0, 0.05) is 25.7 Å². The first-order chi connectivity index (χ1) is 16.6. The van der Waals surface area contributed by atoms with Gasteiger partial charge in [0.25, 0.3) is 5.91 Å². The molecule has 4 aromatic rings. The number of aryl methyl sites for hydroxylation is 3. The van der Waals surface area contributed by atoms with Crippen LogP contribution in [-0.4, -0.2) is 22.4 Å². The van der Waals surface area contributed by atoms with Crippen LogP contribution < -0.4 is 16.1 Å². The van der Waals surface area contributed by atoms with Crippen molar-refractivity contribution in [3.05, 3.63) is 92.0 Å². The molecular formula is C26H22Br2N4O3. The molecule has 0 unspecified atom stereocenters. The Bertz CT molecular complexity index is 1490. The normalized spacial score (nSPS) is 10.8. The van der Waals surface area contributed by atoms with Crippen molar-refractivity contribution >= 4 is 71.9 Å². The van der Waals surface area contributed by atoms with Gasteiger partial charge < -0.3 is 10.6 Å². The fourth-order valence-corrected chi connectivity index (χ4v) is 4.44. The molecule has 4 rings (SSSR count). The second-order valence-corrected chi connectivity index (χ2v) is 10.0. The lowest BCUT2D eigenvalue weighted by atomic mass is 10.1. The van der Waals surface area contributed by atoms with Gasteiger partial charge in [-0.1, -0.05) is 37.9 Å². The number of rotatable bonds is 4. The summed E-state index contributed by atoms with van der Waals surface area (Å²) >= 11 is 6.84. The van der Waals surface area contributed by atoms with Crippen molar-refractivity contribution < 1.29 is 14.4 Å². The van der Waals surface area contributed by atoms with Crippen molar-refractivity contribution in [2.75, 3.05) is 16.1 Å². The van der Waals surface area contributed by atoms with Crippen LogP contribution in [0.4, 0.5) is 11.4 Å². The molecule has 1 heterocycles. The monoisotopic (exact) mass is 596 g/mol. The largest absolute Gasteiger partial charge is 0.328 e. The summed E-state index contributed by atoms with van der Waals surface area (Å²) in [6, 6.07) is 17.9. The number of aromatic nitrogens is 1. The van der Waals surface area contributed by atoms with E-state index in [0.717, 1.165) is 25.6 Å². The van der Waals surface area contributed by atoms with E-state index in [0.29, 0.717) is 22.3 Å². The maximum atomic E-state index is 13.2. The molecule has 9 heteroatoms. The van der Waals surface area contributed by atoms with Gasteiger partial charge in [0.2, 0.25) is 0 Å². The Kier molecular flexibility index (Phi) is 7.09. The van der Waals surface area contributed by atoms with Crippen LogP contribution in [0.2, 0.25) is 0 Å². The van der Waals surface area contributed by atoms with Gasteiger partial charge in [-0.3, -0.25) is 19.8 Å². The molecule has 0 aliphatic carbocycles. The number of fused-ring (bicyclic) bond motifs is 1. The van der Waals surface area contributed by atoms with Crippen molar-refractivity contribution in [3.8, 4) is 0 Å². The number of nitrogens with one attached hydrogen (secondary N) is 3. The third kappa shape index (κ3) is 5.47. The molecule has 3 amide bonds. The summed E-state index contributed by atoms with van der Waals surface area (Å²) in [5, 5.41) is 6.20. The molecule has 0 bridgehead atoms. The lowest BCUT2D eigenvalue weighted by Gasteiger charge is -2.14. The second kappa shape index (κ2) is 10.1. The summed E-state index contributed by atoms with van der Waals surface area (Å²) in [6.07, 6.45) is 0. The molecule has 0 radical (unpaired) electrons. The summed E-state index contributed by atoms with van der Waals surface area (Å²) in [6.45, 7) is 5.77. The van der Waals surface area contributed by atoms with Gasteiger partial charge >= 0.3 is 11.8 Å². The Hall–Kier alpha value is -3.43. The first-order valence-electron chi connectivity index (χ1n) is 10.7. The number of hydrogen-bond donors (Lipinski definition) is 3.